The molecule has 3 saturated carbocycles. The molecule has 7 unspecified atom stereocenters. The molecule has 0 spiro atoms. The summed E-state index contributed by atoms with van der Waals surface area (Å²) in [5.41, 5.74) is 3.88. The first-order chi connectivity index (χ1) is 13.6. The van der Waals surface area contributed by atoms with Crippen molar-refractivity contribution in [2.75, 3.05) is 6.61 Å². The fraction of sp³-hybridized carbons (Fsp3) is 0.846. The van der Waals surface area contributed by atoms with Crippen LogP contribution in [0.15, 0.2) is 23.3 Å². The molecule has 1 aliphatic heterocycles. The number of aliphatic hydroxyl groups is 1. The van der Waals surface area contributed by atoms with E-state index in [4.69, 9.17) is 9.47 Å². The molecule has 0 aromatic heterocycles. The molecule has 1 N–H and O–H groups in total. The lowest BCUT2D eigenvalue weighted by Crippen LogP contribution is -2.47. The number of allylic oxidation sites excluding steroid dienone is 3. The highest BCUT2D eigenvalue weighted by Crippen LogP contribution is 2.65. The Bertz CT molecular complexity index is 736. The van der Waals surface area contributed by atoms with E-state index in [1.54, 1.807) is 5.57 Å². The Morgan fingerprint density at radius 3 is 2.55 bits per heavy atom. The average molecular weight is 401 g/mol. The van der Waals surface area contributed by atoms with Gasteiger partial charge in [-0.25, -0.2) is 0 Å². The Balaban J connectivity index is 1.34. The third-order valence-electron chi connectivity index (χ3n) is 9.86. The predicted octanol–water partition coefficient (Wildman–Crippen LogP) is 5.43. The summed E-state index contributed by atoms with van der Waals surface area (Å²) in [5, 5.41) is 10.2. The normalized spacial score (nSPS) is 48.7. The largest absolute Gasteiger partial charge is 0.393 e. The molecular weight excluding hydrogens is 360 g/mol. The van der Waals surface area contributed by atoms with Crippen molar-refractivity contribution in [3.8, 4) is 0 Å². The molecule has 3 nitrogen and oxygen atoms in total. The second-order valence-corrected chi connectivity index (χ2v) is 11.8. The van der Waals surface area contributed by atoms with E-state index in [0.29, 0.717) is 29.3 Å². The molecule has 5 rings (SSSR count). The molecular formula is C26H40O3. The maximum atomic E-state index is 10.2. The van der Waals surface area contributed by atoms with E-state index in [1.165, 1.54) is 31.3 Å². The zero-order chi connectivity index (χ0) is 20.6. The zero-order valence-corrected chi connectivity index (χ0v) is 19.0. The van der Waals surface area contributed by atoms with Gasteiger partial charge < -0.3 is 14.6 Å². The first-order valence-corrected chi connectivity index (χ1v) is 12.0. The minimum atomic E-state index is -0.132. The van der Waals surface area contributed by atoms with Gasteiger partial charge in [-0.15, -0.1) is 0 Å². The Labute approximate surface area is 176 Å². The lowest BCUT2D eigenvalue weighted by atomic mass is 9.50. The second kappa shape index (κ2) is 6.68. The molecule has 0 bridgehead atoms. The lowest BCUT2D eigenvalue weighted by molar-refractivity contribution is -0.0388. The molecule has 5 aliphatic rings. The van der Waals surface area contributed by atoms with Crippen molar-refractivity contribution in [1.82, 2.24) is 0 Å². The van der Waals surface area contributed by atoms with Crippen LogP contribution in [0.5, 0.6) is 0 Å². The van der Waals surface area contributed by atoms with Crippen molar-refractivity contribution in [3.63, 3.8) is 0 Å². The van der Waals surface area contributed by atoms with E-state index in [9.17, 15) is 5.11 Å². The molecule has 29 heavy (non-hydrogen) atoms. The topological polar surface area (TPSA) is 42.0 Å². The maximum absolute atomic E-state index is 10.2. The summed E-state index contributed by atoms with van der Waals surface area (Å²) in [4.78, 5) is 0. The Morgan fingerprint density at radius 2 is 1.83 bits per heavy atom. The molecule has 0 aromatic carbocycles. The molecule has 8 atom stereocenters. The Hall–Kier alpha value is -0.640. The minimum Gasteiger partial charge on any atom is -0.393 e. The van der Waals surface area contributed by atoms with E-state index >= 15 is 0 Å². The summed E-state index contributed by atoms with van der Waals surface area (Å²) in [6.07, 6.45) is 13.5. The number of epoxide rings is 1. The van der Waals surface area contributed by atoms with Gasteiger partial charge in [0.05, 0.1) is 24.4 Å². The second-order valence-electron chi connectivity index (χ2n) is 11.8. The molecule has 162 valence electrons. The minimum absolute atomic E-state index is 0.0138. The van der Waals surface area contributed by atoms with Gasteiger partial charge in [-0.2, -0.15) is 0 Å². The molecule has 1 heterocycles. The van der Waals surface area contributed by atoms with Crippen LogP contribution in [0.4, 0.5) is 0 Å². The summed E-state index contributed by atoms with van der Waals surface area (Å²) >= 11 is 0. The van der Waals surface area contributed by atoms with Gasteiger partial charge in [0.2, 0.25) is 0 Å². The molecule has 0 amide bonds. The summed E-state index contributed by atoms with van der Waals surface area (Å²) in [7, 11) is 0. The van der Waals surface area contributed by atoms with Crippen LogP contribution in [0.25, 0.3) is 0 Å². The van der Waals surface area contributed by atoms with Crippen molar-refractivity contribution in [2.45, 2.75) is 103 Å². The predicted molar refractivity (Wildman–Crippen MR) is 116 cm³/mol. The number of rotatable bonds is 4. The lowest BCUT2D eigenvalue weighted by Gasteiger charge is -2.55. The van der Waals surface area contributed by atoms with Crippen LogP contribution >= 0.6 is 0 Å². The van der Waals surface area contributed by atoms with Gasteiger partial charge >= 0.3 is 0 Å². The van der Waals surface area contributed by atoms with Gasteiger partial charge in [-0.1, -0.05) is 37.1 Å². The van der Waals surface area contributed by atoms with Crippen LogP contribution in [-0.4, -0.2) is 35.6 Å². The standard InChI is InChI=1S/C26H40O3/c1-16(28-15-23-24(2,3)29-23)20-8-9-21-19-7-6-17-14-18(27)10-12-25(17,4)22(19)11-13-26(20,21)5/h6-7,16,18,20-23,27H,8-15H2,1-5H3/t16-,18?,20?,21?,22?,23?,25?,26?/m0/s1. The highest BCUT2D eigenvalue weighted by Gasteiger charge is 2.57. The number of ether oxygens (including phenoxy) is 2. The molecule has 1 saturated heterocycles. The quantitative estimate of drug-likeness (QED) is 0.640. The molecule has 0 radical (unpaired) electrons. The van der Waals surface area contributed by atoms with Gasteiger partial charge in [0.15, 0.2) is 0 Å². The summed E-state index contributed by atoms with van der Waals surface area (Å²) in [6, 6.07) is 0. The Kier molecular flexibility index (Phi) is 4.67. The fourth-order valence-corrected chi connectivity index (χ4v) is 7.72. The van der Waals surface area contributed by atoms with Crippen molar-refractivity contribution in [2.24, 2.45) is 28.6 Å². The summed E-state index contributed by atoms with van der Waals surface area (Å²) < 4.78 is 12.1. The van der Waals surface area contributed by atoms with Crippen LogP contribution in [0, 0.1) is 28.6 Å². The third-order valence-corrected chi connectivity index (χ3v) is 9.86. The molecule has 4 fully saturated rings. The van der Waals surface area contributed by atoms with Crippen LogP contribution in [0.1, 0.15) is 79.6 Å². The van der Waals surface area contributed by atoms with E-state index in [2.05, 4.69) is 46.8 Å². The first-order valence-electron chi connectivity index (χ1n) is 12.0. The first kappa shape index (κ1) is 20.3. The highest BCUT2D eigenvalue weighted by molar-refractivity contribution is 5.38. The van der Waals surface area contributed by atoms with Gasteiger partial charge in [0.25, 0.3) is 0 Å². The van der Waals surface area contributed by atoms with Crippen LogP contribution in [0.2, 0.25) is 0 Å². The Morgan fingerprint density at radius 1 is 1.07 bits per heavy atom. The molecule has 3 heteroatoms. The van der Waals surface area contributed by atoms with Crippen molar-refractivity contribution >= 4 is 0 Å². The molecule has 4 aliphatic carbocycles. The average Bonchev–Trinajstić information content (AvgIpc) is 3.11. The van der Waals surface area contributed by atoms with Gasteiger partial charge in [-0.05, 0) is 94.3 Å². The monoisotopic (exact) mass is 400 g/mol. The van der Waals surface area contributed by atoms with E-state index < -0.39 is 0 Å². The van der Waals surface area contributed by atoms with Gasteiger partial charge in [-0.3, -0.25) is 0 Å². The summed E-state index contributed by atoms with van der Waals surface area (Å²) in [6.45, 7) is 12.4. The third kappa shape index (κ3) is 3.10. The number of aliphatic hydroxyl groups excluding tert-OH is 1. The van der Waals surface area contributed by atoms with Gasteiger partial charge in [0.1, 0.15) is 6.10 Å². The van der Waals surface area contributed by atoms with Crippen molar-refractivity contribution < 1.29 is 14.6 Å². The number of hydrogen-bond acceptors (Lipinski definition) is 3. The number of hydrogen-bond donors (Lipinski definition) is 1. The van der Waals surface area contributed by atoms with E-state index in [1.807, 2.05) is 0 Å². The van der Waals surface area contributed by atoms with Gasteiger partial charge in [0, 0.05) is 0 Å². The van der Waals surface area contributed by atoms with E-state index in [-0.39, 0.29) is 23.2 Å². The summed E-state index contributed by atoms with van der Waals surface area (Å²) in [5.74, 6) is 2.03. The van der Waals surface area contributed by atoms with Crippen LogP contribution in [0.3, 0.4) is 0 Å². The zero-order valence-electron chi connectivity index (χ0n) is 19.0. The van der Waals surface area contributed by atoms with E-state index in [0.717, 1.165) is 25.9 Å². The van der Waals surface area contributed by atoms with Crippen molar-refractivity contribution in [3.05, 3.63) is 23.3 Å². The highest BCUT2D eigenvalue weighted by atomic mass is 16.6. The SMILES string of the molecule is C[C@H](OCC1OC1(C)C)C1CCC2C3=CC=C4CC(O)CCC4(C)C3CCC21C. The smallest absolute Gasteiger partial charge is 0.110 e. The van der Waals surface area contributed by atoms with Crippen LogP contribution < -0.4 is 0 Å². The van der Waals surface area contributed by atoms with Crippen LogP contribution in [-0.2, 0) is 9.47 Å². The molecule has 0 aromatic rings. The van der Waals surface area contributed by atoms with Crippen molar-refractivity contribution in [1.29, 1.82) is 0 Å². The number of fused-ring (bicyclic) bond motifs is 5. The maximum Gasteiger partial charge on any atom is 0.110 e. The fourth-order valence-electron chi connectivity index (χ4n) is 7.72.